The fraction of sp³-hybridized carbons (Fsp3) is 0.667. The summed E-state index contributed by atoms with van der Waals surface area (Å²) in [5.41, 5.74) is 1.59. The zero-order valence-corrected chi connectivity index (χ0v) is 17.1. The molecule has 1 saturated carbocycles. The van der Waals surface area contributed by atoms with E-state index in [1.807, 2.05) is 12.1 Å². The van der Waals surface area contributed by atoms with Crippen LogP contribution in [-0.4, -0.2) is 58.4 Å². The van der Waals surface area contributed by atoms with Gasteiger partial charge in [0.05, 0.1) is 21.3 Å². The Labute approximate surface area is 162 Å². The first kappa shape index (κ1) is 19.6. The van der Waals surface area contributed by atoms with Gasteiger partial charge < -0.3 is 24.4 Å². The highest BCUT2D eigenvalue weighted by Gasteiger charge is 2.43. The number of aliphatic imine (C=N–C) groups is 1. The Morgan fingerprint density at radius 2 is 1.81 bits per heavy atom. The highest BCUT2D eigenvalue weighted by molar-refractivity contribution is 5.80. The van der Waals surface area contributed by atoms with E-state index in [1.165, 1.54) is 25.7 Å². The topological polar surface area (TPSA) is 55.3 Å². The maximum atomic E-state index is 5.55. The predicted octanol–water partition coefficient (Wildman–Crippen LogP) is 3.10. The average Bonchev–Trinajstić information content (AvgIpc) is 3.13. The van der Waals surface area contributed by atoms with Gasteiger partial charge in [0.25, 0.3) is 0 Å². The molecule has 0 bridgehead atoms. The van der Waals surface area contributed by atoms with Gasteiger partial charge in [-0.2, -0.15) is 0 Å². The van der Waals surface area contributed by atoms with Crippen LogP contribution in [0.1, 0.15) is 38.2 Å². The molecular formula is C21H33N3O3. The first-order chi connectivity index (χ1) is 13.1. The second kappa shape index (κ2) is 8.72. The molecule has 0 aromatic heterocycles. The number of ether oxygens (including phenoxy) is 3. The van der Waals surface area contributed by atoms with E-state index in [0.717, 1.165) is 54.8 Å². The highest BCUT2D eigenvalue weighted by Crippen LogP contribution is 2.47. The van der Waals surface area contributed by atoms with E-state index in [9.17, 15) is 0 Å². The van der Waals surface area contributed by atoms with E-state index in [0.29, 0.717) is 12.0 Å². The molecule has 1 N–H and O–H groups in total. The summed E-state index contributed by atoms with van der Waals surface area (Å²) >= 11 is 0. The Bertz CT molecular complexity index is 646. The monoisotopic (exact) mass is 375 g/mol. The van der Waals surface area contributed by atoms with Crippen molar-refractivity contribution in [1.29, 1.82) is 0 Å². The lowest BCUT2D eigenvalue weighted by atomic mass is 9.68. The molecule has 6 nitrogen and oxygen atoms in total. The van der Waals surface area contributed by atoms with Crippen molar-refractivity contribution < 1.29 is 14.2 Å². The number of nitrogens with one attached hydrogen (secondary N) is 1. The van der Waals surface area contributed by atoms with Crippen molar-refractivity contribution in [2.24, 2.45) is 10.4 Å². The van der Waals surface area contributed by atoms with Gasteiger partial charge in [0.1, 0.15) is 17.2 Å². The molecule has 27 heavy (non-hydrogen) atoms. The Morgan fingerprint density at radius 3 is 2.30 bits per heavy atom. The highest BCUT2D eigenvalue weighted by atomic mass is 16.5. The van der Waals surface area contributed by atoms with Gasteiger partial charge in [-0.15, -0.1) is 0 Å². The first-order valence-corrected chi connectivity index (χ1v) is 9.97. The van der Waals surface area contributed by atoms with Crippen molar-refractivity contribution in [2.45, 2.75) is 39.0 Å². The molecule has 6 heteroatoms. The molecule has 150 valence electrons. The lowest BCUT2D eigenvalue weighted by molar-refractivity contribution is 0.151. The Hall–Kier alpha value is -2.11. The minimum atomic E-state index is 0.568. The van der Waals surface area contributed by atoms with E-state index < -0.39 is 0 Å². The summed E-state index contributed by atoms with van der Waals surface area (Å²) in [6.45, 7) is 5.96. The fourth-order valence-electron chi connectivity index (χ4n) is 4.22. The first-order valence-electron chi connectivity index (χ1n) is 9.97. The third-order valence-electron chi connectivity index (χ3n) is 5.93. The van der Waals surface area contributed by atoms with Crippen molar-refractivity contribution in [2.75, 3.05) is 47.5 Å². The van der Waals surface area contributed by atoms with Gasteiger partial charge in [0.15, 0.2) is 5.96 Å². The van der Waals surface area contributed by atoms with E-state index in [1.54, 1.807) is 21.3 Å². The summed E-state index contributed by atoms with van der Waals surface area (Å²) in [4.78, 5) is 7.33. The van der Waals surface area contributed by atoms with Crippen LogP contribution in [0.5, 0.6) is 17.2 Å². The molecule has 0 amide bonds. The van der Waals surface area contributed by atoms with Gasteiger partial charge in [-0.1, -0.05) is 6.42 Å². The van der Waals surface area contributed by atoms with E-state index >= 15 is 0 Å². The fourth-order valence-corrected chi connectivity index (χ4v) is 4.22. The smallest absolute Gasteiger partial charge is 0.193 e. The maximum Gasteiger partial charge on any atom is 0.193 e. The van der Waals surface area contributed by atoms with Crippen molar-refractivity contribution in [3.63, 3.8) is 0 Å². The van der Waals surface area contributed by atoms with Crippen LogP contribution in [0.15, 0.2) is 17.1 Å². The van der Waals surface area contributed by atoms with Crippen molar-refractivity contribution >= 4 is 5.96 Å². The zero-order valence-electron chi connectivity index (χ0n) is 17.1. The average molecular weight is 376 g/mol. The molecule has 3 rings (SSSR count). The number of benzene rings is 1. The molecule has 1 aromatic carbocycles. The van der Waals surface area contributed by atoms with Gasteiger partial charge in [-0.3, -0.25) is 4.99 Å². The summed E-state index contributed by atoms with van der Waals surface area (Å²) in [6.07, 6.45) is 6.20. The van der Waals surface area contributed by atoms with Gasteiger partial charge in [0.2, 0.25) is 0 Å². The van der Waals surface area contributed by atoms with E-state index in [4.69, 9.17) is 19.2 Å². The minimum Gasteiger partial charge on any atom is -0.496 e. The lowest BCUT2D eigenvalue weighted by Crippen LogP contribution is -2.42. The molecule has 0 atom stereocenters. The van der Waals surface area contributed by atoms with Crippen molar-refractivity contribution in [3.05, 3.63) is 17.7 Å². The van der Waals surface area contributed by atoms with Crippen LogP contribution in [0.2, 0.25) is 0 Å². The van der Waals surface area contributed by atoms with Crippen LogP contribution >= 0.6 is 0 Å². The molecule has 0 radical (unpaired) electrons. The van der Waals surface area contributed by atoms with Crippen molar-refractivity contribution in [3.8, 4) is 17.2 Å². The second-order valence-corrected chi connectivity index (χ2v) is 7.52. The predicted molar refractivity (Wildman–Crippen MR) is 108 cm³/mol. The van der Waals surface area contributed by atoms with Crippen LogP contribution in [0.25, 0.3) is 0 Å². The number of hydrogen-bond acceptors (Lipinski definition) is 4. The Kier molecular flexibility index (Phi) is 6.34. The van der Waals surface area contributed by atoms with Gasteiger partial charge in [0, 0.05) is 43.9 Å². The summed E-state index contributed by atoms with van der Waals surface area (Å²) in [5, 5.41) is 3.47. The number of guanidine groups is 1. The van der Waals surface area contributed by atoms with Gasteiger partial charge in [-0.05, 0) is 38.0 Å². The summed E-state index contributed by atoms with van der Waals surface area (Å²) < 4.78 is 16.4. The van der Waals surface area contributed by atoms with E-state index in [2.05, 4.69) is 17.1 Å². The lowest BCUT2D eigenvalue weighted by Gasteiger charge is -2.38. The van der Waals surface area contributed by atoms with Crippen LogP contribution < -0.4 is 19.5 Å². The molecule has 0 unspecified atom stereocenters. The summed E-state index contributed by atoms with van der Waals surface area (Å²) in [5.74, 6) is 3.32. The molecule has 2 fully saturated rings. The largest absolute Gasteiger partial charge is 0.496 e. The molecule has 1 spiro atoms. The molecule has 1 aromatic rings. The Balaban J connectivity index is 1.70. The molecule has 2 aliphatic rings. The molecule has 1 aliphatic heterocycles. The number of nitrogens with zero attached hydrogens (tertiary/aromatic N) is 2. The normalized spacial score (nSPS) is 18.4. The zero-order chi connectivity index (χ0) is 19.3. The summed E-state index contributed by atoms with van der Waals surface area (Å²) in [7, 11) is 4.99. The quantitative estimate of drug-likeness (QED) is 0.586. The van der Waals surface area contributed by atoms with Gasteiger partial charge >= 0.3 is 0 Å². The SMILES string of the molecule is CCNC(=NCCc1c(OC)cc(OC)cc1OC)N1CCC2(CCC2)C1. The molecular weight excluding hydrogens is 342 g/mol. The Morgan fingerprint density at radius 1 is 1.11 bits per heavy atom. The molecule has 1 saturated heterocycles. The van der Waals surface area contributed by atoms with Crippen LogP contribution in [0, 0.1) is 5.41 Å². The number of likely N-dealkylation sites (tertiary alicyclic amines) is 1. The molecule has 1 heterocycles. The third kappa shape index (κ3) is 4.25. The minimum absolute atomic E-state index is 0.568. The van der Waals surface area contributed by atoms with Crippen molar-refractivity contribution in [1.82, 2.24) is 10.2 Å². The van der Waals surface area contributed by atoms with Gasteiger partial charge in [-0.25, -0.2) is 0 Å². The second-order valence-electron chi connectivity index (χ2n) is 7.52. The standard InChI is InChI=1S/C21H33N3O3/c1-5-22-20(24-12-10-21(15-24)8-6-9-21)23-11-7-17-18(26-3)13-16(25-2)14-19(17)27-4/h13-14H,5-12,15H2,1-4H3,(H,22,23). The molecule has 1 aliphatic carbocycles. The summed E-state index contributed by atoms with van der Waals surface area (Å²) in [6, 6.07) is 3.79. The van der Waals surface area contributed by atoms with Crippen LogP contribution in [0.3, 0.4) is 0 Å². The number of methoxy groups -OCH3 is 3. The van der Waals surface area contributed by atoms with Crippen LogP contribution in [-0.2, 0) is 6.42 Å². The van der Waals surface area contributed by atoms with E-state index in [-0.39, 0.29) is 0 Å². The number of hydrogen-bond donors (Lipinski definition) is 1. The van der Waals surface area contributed by atoms with Crippen LogP contribution in [0.4, 0.5) is 0 Å². The maximum absolute atomic E-state index is 5.55. The third-order valence-corrected chi connectivity index (χ3v) is 5.93. The number of rotatable bonds is 7.